The third-order valence-electron chi connectivity index (χ3n) is 3.53. The zero-order valence-electron chi connectivity index (χ0n) is 10.1. The lowest BCUT2D eigenvalue weighted by Crippen LogP contribution is -2.61. The lowest BCUT2D eigenvalue weighted by Gasteiger charge is -2.44. The van der Waals surface area contributed by atoms with E-state index in [4.69, 9.17) is 10.8 Å². The van der Waals surface area contributed by atoms with E-state index in [9.17, 15) is 9.90 Å². The van der Waals surface area contributed by atoms with Crippen molar-refractivity contribution in [2.45, 2.75) is 18.7 Å². The number of nitrogens with zero attached hydrogens (tertiary/aromatic N) is 2. The smallest absolute Gasteiger partial charge is 0.276 e. The lowest BCUT2D eigenvalue weighted by atomic mass is 9.99. The molecule has 1 aliphatic rings. The van der Waals surface area contributed by atoms with Gasteiger partial charge in [-0.25, -0.2) is 4.98 Å². The maximum absolute atomic E-state index is 11.7. The van der Waals surface area contributed by atoms with Crippen molar-refractivity contribution in [1.82, 2.24) is 19.9 Å². The van der Waals surface area contributed by atoms with E-state index in [0.29, 0.717) is 24.1 Å². The first-order valence-corrected chi connectivity index (χ1v) is 5.99. The number of hydrogen-bond acceptors (Lipinski definition) is 6. The maximum atomic E-state index is 11.7. The predicted octanol–water partition coefficient (Wildman–Crippen LogP) is -1.63. The van der Waals surface area contributed by atoms with Crippen molar-refractivity contribution in [2.75, 3.05) is 18.9 Å². The Morgan fingerprint density at radius 2 is 2.37 bits per heavy atom. The highest BCUT2D eigenvalue weighted by Gasteiger charge is 2.37. The third-order valence-corrected chi connectivity index (χ3v) is 3.53. The molecule has 8 heteroatoms. The molecule has 3 heterocycles. The number of aliphatic hydroxyl groups excluding tert-OH is 2. The van der Waals surface area contributed by atoms with Gasteiger partial charge in [0.2, 0.25) is 5.95 Å². The number of H-pyrrole nitrogens is 2. The van der Waals surface area contributed by atoms with Crippen molar-refractivity contribution in [1.29, 1.82) is 0 Å². The monoisotopic (exact) mass is 265 g/mol. The van der Waals surface area contributed by atoms with E-state index in [1.54, 1.807) is 6.20 Å². The molecule has 102 valence electrons. The quantitative estimate of drug-likeness (QED) is 0.453. The first-order chi connectivity index (χ1) is 9.10. The maximum Gasteiger partial charge on any atom is 0.276 e. The van der Waals surface area contributed by atoms with E-state index in [1.807, 2.05) is 4.90 Å². The molecule has 1 aliphatic heterocycles. The second-order valence-electron chi connectivity index (χ2n) is 4.74. The SMILES string of the molecule is Nc1nc2c(CN3C[C@H](O)[C@H]3CO)c[nH]c2c(=O)[nH]1. The Bertz CT molecular complexity index is 664. The molecule has 0 amide bonds. The second kappa shape index (κ2) is 4.34. The zero-order valence-corrected chi connectivity index (χ0v) is 10.1. The molecule has 8 nitrogen and oxygen atoms in total. The summed E-state index contributed by atoms with van der Waals surface area (Å²) in [5.74, 6) is 0.0701. The first-order valence-electron chi connectivity index (χ1n) is 5.99. The molecule has 0 aromatic carbocycles. The molecule has 6 N–H and O–H groups in total. The van der Waals surface area contributed by atoms with E-state index >= 15 is 0 Å². The van der Waals surface area contributed by atoms with Gasteiger partial charge >= 0.3 is 0 Å². The summed E-state index contributed by atoms with van der Waals surface area (Å²) in [4.78, 5) is 23.0. The van der Waals surface area contributed by atoms with Crippen molar-refractivity contribution >= 4 is 17.0 Å². The number of likely N-dealkylation sites (tertiary alicyclic amines) is 1. The average molecular weight is 265 g/mol. The number of aliphatic hydroxyl groups is 2. The molecule has 2 atom stereocenters. The molecular weight excluding hydrogens is 250 g/mol. The summed E-state index contributed by atoms with van der Waals surface area (Å²) in [6, 6.07) is -0.260. The Morgan fingerprint density at radius 3 is 3.05 bits per heavy atom. The van der Waals surface area contributed by atoms with Crippen LogP contribution in [0.25, 0.3) is 11.0 Å². The van der Waals surface area contributed by atoms with Crippen LogP contribution in [-0.4, -0.2) is 55.4 Å². The van der Waals surface area contributed by atoms with Gasteiger partial charge in [0.25, 0.3) is 5.56 Å². The summed E-state index contributed by atoms with van der Waals surface area (Å²) in [6.07, 6.45) is 1.20. The van der Waals surface area contributed by atoms with E-state index < -0.39 is 6.10 Å². The van der Waals surface area contributed by atoms with E-state index in [0.717, 1.165) is 5.56 Å². The lowest BCUT2D eigenvalue weighted by molar-refractivity contribution is -0.0864. The van der Waals surface area contributed by atoms with Crippen molar-refractivity contribution < 1.29 is 10.2 Å². The molecule has 1 fully saturated rings. The number of fused-ring (bicyclic) bond motifs is 1. The van der Waals surface area contributed by atoms with Crippen molar-refractivity contribution in [3.8, 4) is 0 Å². The van der Waals surface area contributed by atoms with Gasteiger partial charge < -0.3 is 20.9 Å². The predicted molar refractivity (Wildman–Crippen MR) is 68.4 cm³/mol. The molecule has 19 heavy (non-hydrogen) atoms. The van der Waals surface area contributed by atoms with Crippen LogP contribution in [0.15, 0.2) is 11.0 Å². The van der Waals surface area contributed by atoms with Crippen molar-refractivity contribution in [2.24, 2.45) is 0 Å². The minimum absolute atomic E-state index is 0.0701. The molecule has 3 rings (SSSR count). The standard InChI is InChI=1S/C11H15N5O3/c12-11-14-8-5(1-13-9(8)10(19)15-11)2-16-3-7(18)6(16)4-17/h1,6-7,13,17-18H,2-4H2,(H3,12,14,15,19)/t6-,7+/m1/s1. The number of nitrogens with two attached hydrogens (primary N) is 1. The summed E-state index contributed by atoms with van der Waals surface area (Å²) in [7, 11) is 0. The average Bonchev–Trinajstić information content (AvgIpc) is 2.72. The summed E-state index contributed by atoms with van der Waals surface area (Å²) in [5.41, 5.74) is 6.95. The topological polar surface area (TPSA) is 131 Å². The van der Waals surface area contributed by atoms with Crippen molar-refractivity contribution in [3.63, 3.8) is 0 Å². The van der Waals surface area contributed by atoms with Crippen LogP contribution in [-0.2, 0) is 6.54 Å². The minimum Gasteiger partial charge on any atom is -0.395 e. The Kier molecular flexibility index (Phi) is 2.77. The van der Waals surface area contributed by atoms with E-state index in [-0.39, 0.29) is 24.2 Å². The third kappa shape index (κ3) is 1.89. The number of nitrogens with one attached hydrogen (secondary N) is 2. The zero-order chi connectivity index (χ0) is 13.6. The summed E-state index contributed by atoms with van der Waals surface area (Å²) < 4.78 is 0. The number of β-amino-alcohol motifs (C(OH)–C–C–N with tert-alkyl or cyclic N) is 1. The molecule has 2 aromatic rings. The van der Waals surface area contributed by atoms with Gasteiger partial charge in [-0.2, -0.15) is 0 Å². The fourth-order valence-corrected chi connectivity index (χ4v) is 2.45. The van der Waals surface area contributed by atoms with Crippen molar-refractivity contribution in [3.05, 3.63) is 22.1 Å². The van der Waals surface area contributed by atoms with Crippen LogP contribution in [0.1, 0.15) is 5.56 Å². The van der Waals surface area contributed by atoms with Crippen LogP contribution in [0.5, 0.6) is 0 Å². The van der Waals surface area contributed by atoms with Gasteiger partial charge in [-0.3, -0.25) is 14.7 Å². The molecule has 0 unspecified atom stereocenters. The molecule has 1 saturated heterocycles. The number of aromatic amines is 2. The van der Waals surface area contributed by atoms with Gasteiger partial charge in [-0.1, -0.05) is 0 Å². The molecule has 0 aliphatic carbocycles. The Hall–Kier alpha value is -1.90. The van der Waals surface area contributed by atoms with Crippen LogP contribution in [0.3, 0.4) is 0 Å². The highest BCUT2D eigenvalue weighted by molar-refractivity contribution is 5.78. The summed E-state index contributed by atoms with van der Waals surface area (Å²) >= 11 is 0. The Labute approximate surface area is 107 Å². The van der Waals surface area contributed by atoms with Gasteiger partial charge in [0.15, 0.2) is 0 Å². The second-order valence-corrected chi connectivity index (χ2v) is 4.74. The number of aromatic nitrogens is 3. The fraction of sp³-hybridized carbons (Fsp3) is 0.455. The number of rotatable bonds is 3. The Balaban J connectivity index is 1.92. The number of nitrogen functional groups attached to an aromatic ring is 1. The molecule has 0 saturated carbocycles. The molecular formula is C11H15N5O3. The fourth-order valence-electron chi connectivity index (χ4n) is 2.45. The van der Waals surface area contributed by atoms with Crippen LogP contribution >= 0.6 is 0 Å². The highest BCUT2D eigenvalue weighted by Crippen LogP contribution is 2.23. The van der Waals surface area contributed by atoms with Crippen LogP contribution in [0.4, 0.5) is 5.95 Å². The molecule has 0 radical (unpaired) electrons. The Morgan fingerprint density at radius 1 is 1.58 bits per heavy atom. The normalized spacial score (nSPS) is 23.7. The molecule has 0 bridgehead atoms. The van der Waals surface area contributed by atoms with Crippen LogP contribution < -0.4 is 11.3 Å². The van der Waals surface area contributed by atoms with Gasteiger partial charge in [-0.15, -0.1) is 0 Å². The number of anilines is 1. The van der Waals surface area contributed by atoms with Gasteiger partial charge in [0.1, 0.15) is 11.0 Å². The minimum atomic E-state index is -0.503. The highest BCUT2D eigenvalue weighted by atomic mass is 16.3. The summed E-state index contributed by atoms with van der Waals surface area (Å²) in [6.45, 7) is 0.897. The molecule has 2 aromatic heterocycles. The van der Waals surface area contributed by atoms with Crippen LogP contribution in [0, 0.1) is 0 Å². The largest absolute Gasteiger partial charge is 0.395 e. The van der Waals surface area contributed by atoms with Gasteiger partial charge in [0.05, 0.1) is 18.8 Å². The number of hydrogen-bond donors (Lipinski definition) is 5. The van der Waals surface area contributed by atoms with E-state index in [1.165, 1.54) is 0 Å². The first kappa shape index (κ1) is 12.2. The van der Waals surface area contributed by atoms with Crippen LogP contribution in [0.2, 0.25) is 0 Å². The summed E-state index contributed by atoms with van der Waals surface area (Å²) in [5, 5.41) is 18.7. The van der Waals surface area contributed by atoms with Gasteiger partial charge in [-0.05, 0) is 0 Å². The molecule has 0 spiro atoms. The van der Waals surface area contributed by atoms with E-state index in [2.05, 4.69) is 15.0 Å². The van der Waals surface area contributed by atoms with Gasteiger partial charge in [0, 0.05) is 24.8 Å².